The van der Waals surface area contributed by atoms with Crippen molar-refractivity contribution in [2.24, 2.45) is 5.92 Å². The molecule has 2 atom stereocenters. The number of rotatable bonds is 10. The summed E-state index contributed by atoms with van der Waals surface area (Å²) >= 11 is 0. The fraction of sp³-hybridized carbons (Fsp3) is 1.00. The number of sulfone groups is 1. The van der Waals surface area contributed by atoms with E-state index in [1.54, 1.807) is 6.92 Å². The highest BCUT2D eigenvalue weighted by atomic mass is 32.2. The van der Waals surface area contributed by atoms with Crippen molar-refractivity contribution >= 4 is 9.84 Å². The molecule has 0 heterocycles. The van der Waals surface area contributed by atoms with Crippen LogP contribution >= 0.6 is 0 Å². The summed E-state index contributed by atoms with van der Waals surface area (Å²) in [5, 5.41) is 3.25. The molecule has 4 nitrogen and oxygen atoms in total. The van der Waals surface area contributed by atoms with Crippen LogP contribution in [0.1, 0.15) is 40.5 Å². The van der Waals surface area contributed by atoms with Crippen molar-refractivity contribution in [3.63, 3.8) is 0 Å². The molecule has 0 radical (unpaired) electrons. The minimum Gasteiger partial charge on any atom is -0.377 e. The molecule has 0 spiro atoms. The zero-order chi connectivity index (χ0) is 14.2. The van der Waals surface area contributed by atoms with Crippen LogP contribution in [0.2, 0.25) is 0 Å². The molecule has 0 fully saturated rings. The van der Waals surface area contributed by atoms with Crippen LogP contribution in [0.5, 0.6) is 0 Å². The molecule has 0 bridgehead atoms. The third-order valence-corrected chi connectivity index (χ3v) is 4.98. The van der Waals surface area contributed by atoms with E-state index in [0.717, 1.165) is 6.42 Å². The van der Waals surface area contributed by atoms with Crippen molar-refractivity contribution in [1.29, 1.82) is 0 Å². The number of likely N-dealkylation sites (N-methyl/N-ethyl adjacent to an activating group) is 1. The first-order valence-electron chi connectivity index (χ1n) is 6.87. The number of nitrogens with one attached hydrogen (secondary N) is 1. The predicted molar refractivity (Wildman–Crippen MR) is 76.7 cm³/mol. The smallest absolute Gasteiger partial charge is 0.150 e. The molecule has 18 heavy (non-hydrogen) atoms. The van der Waals surface area contributed by atoms with E-state index in [9.17, 15) is 8.42 Å². The van der Waals surface area contributed by atoms with Gasteiger partial charge in [0.2, 0.25) is 0 Å². The molecule has 0 saturated heterocycles. The van der Waals surface area contributed by atoms with Crippen molar-refractivity contribution in [2.75, 3.05) is 25.2 Å². The Labute approximate surface area is 112 Å². The highest BCUT2D eigenvalue weighted by Crippen LogP contribution is 2.15. The maximum Gasteiger partial charge on any atom is 0.150 e. The molecular formula is C13H29NO3S. The van der Waals surface area contributed by atoms with Crippen molar-refractivity contribution < 1.29 is 13.2 Å². The van der Waals surface area contributed by atoms with Gasteiger partial charge in [-0.25, -0.2) is 8.42 Å². The first kappa shape index (κ1) is 17.9. The normalized spacial score (nSPS) is 15.9. The SMILES string of the molecule is CCOC(C(C)C)C(CCCS(=O)(=O)CC)NC. The summed E-state index contributed by atoms with van der Waals surface area (Å²) in [5.74, 6) is 0.930. The highest BCUT2D eigenvalue weighted by molar-refractivity contribution is 7.91. The van der Waals surface area contributed by atoms with Gasteiger partial charge in [-0.1, -0.05) is 20.8 Å². The number of ether oxygens (including phenoxy) is 1. The van der Waals surface area contributed by atoms with Gasteiger partial charge in [0, 0.05) is 18.4 Å². The monoisotopic (exact) mass is 279 g/mol. The van der Waals surface area contributed by atoms with Crippen LogP contribution in [0.25, 0.3) is 0 Å². The fourth-order valence-electron chi connectivity index (χ4n) is 2.11. The molecule has 0 rings (SSSR count). The van der Waals surface area contributed by atoms with Crippen LogP contribution in [0, 0.1) is 5.92 Å². The lowest BCUT2D eigenvalue weighted by atomic mass is 9.96. The molecule has 1 N–H and O–H groups in total. The second-order valence-electron chi connectivity index (χ2n) is 4.94. The lowest BCUT2D eigenvalue weighted by molar-refractivity contribution is 0.00318. The quantitative estimate of drug-likeness (QED) is 0.663. The first-order chi connectivity index (χ1) is 8.37. The maximum atomic E-state index is 11.4. The summed E-state index contributed by atoms with van der Waals surface area (Å²) in [7, 11) is -0.940. The Kier molecular flexibility index (Phi) is 8.82. The number of hydrogen-bond acceptors (Lipinski definition) is 4. The van der Waals surface area contributed by atoms with E-state index in [1.165, 1.54) is 0 Å². The summed E-state index contributed by atoms with van der Waals surface area (Å²) in [6, 6.07) is 0.219. The van der Waals surface area contributed by atoms with Gasteiger partial charge in [0.15, 0.2) is 0 Å². The molecule has 2 unspecified atom stereocenters. The Morgan fingerprint density at radius 2 is 1.83 bits per heavy atom. The van der Waals surface area contributed by atoms with Crippen LogP contribution in [0.4, 0.5) is 0 Å². The van der Waals surface area contributed by atoms with Crippen molar-refractivity contribution in [3.8, 4) is 0 Å². The minimum absolute atomic E-state index is 0.143. The molecule has 0 aromatic heterocycles. The van der Waals surface area contributed by atoms with Crippen molar-refractivity contribution in [3.05, 3.63) is 0 Å². The van der Waals surface area contributed by atoms with Gasteiger partial charge in [0.05, 0.1) is 11.9 Å². The van der Waals surface area contributed by atoms with E-state index < -0.39 is 9.84 Å². The topological polar surface area (TPSA) is 55.4 Å². The van der Waals surface area contributed by atoms with Crippen LogP contribution < -0.4 is 5.32 Å². The van der Waals surface area contributed by atoms with Gasteiger partial charge in [-0.05, 0) is 32.7 Å². The average Bonchev–Trinajstić information content (AvgIpc) is 2.32. The third-order valence-electron chi connectivity index (χ3n) is 3.19. The maximum absolute atomic E-state index is 11.4. The summed E-state index contributed by atoms with van der Waals surface area (Å²) in [5.41, 5.74) is 0. The summed E-state index contributed by atoms with van der Waals surface area (Å²) < 4.78 is 28.6. The number of hydrogen-bond donors (Lipinski definition) is 1. The largest absolute Gasteiger partial charge is 0.377 e. The molecular weight excluding hydrogens is 250 g/mol. The molecule has 0 aliphatic heterocycles. The molecule has 0 aromatic carbocycles. The van der Waals surface area contributed by atoms with Gasteiger partial charge in [-0.15, -0.1) is 0 Å². The zero-order valence-corrected chi connectivity index (χ0v) is 13.2. The Morgan fingerprint density at radius 3 is 2.22 bits per heavy atom. The molecule has 0 aliphatic carbocycles. The molecule has 0 amide bonds. The van der Waals surface area contributed by atoms with Gasteiger partial charge in [0.25, 0.3) is 0 Å². The van der Waals surface area contributed by atoms with E-state index in [2.05, 4.69) is 19.2 Å². The predicted octanol–water partition coefficient (Wildman–Crippen LogP) is 1.85. The second-order valence-corrected chi connectivity index (χ2v) is 7.41. The molecule has 0 aromatic rings. The lowest BCUT2D eigenvalue weighted by Crippen LogP contribution is -2.42. The van der Waals surface area contributed by atoms with Crippen LogP contribution in [0.3, 0.4) is 0 Å². The van der Waals surface area contributed by atoms with Gasteiger partial charge in [-0.3, -0.25) is 0 Å². The summed E-state index contributed by atoms with van der Waals surface area (Å²) in [6.45, 7) is 8.64. The Hall–Kier alpha value is -0.130. The van der Waals surface area contributed by atoms with Crippen LogP contribution in [-0.2, 0) is 14.6 Å². The van der Waals surface area contributed by atoms with E-state index >= 15 is 0 Å². The Morgan fingerprint density at radius 1 is 1.22 bits per heavy atom. The average molecular weight is 279 g/mol. The summed E-state index contributed by atoms with van der Waals surface area (Å²) in [6.07, 6.45) is 1.67. The van der Waals surface area contributed by atoms with Gasteiger partial charge in [-0.2, -0.15) is 0 Å². The van der Waals surface area contributed by atoms with Crippen LogP contribution in [0.15, 0.2) is 0 Å². The van der Waals surface area contributed by atoms with E-state index in [4.69, 9.17) is 4.74 Å². The second kappa shape index (κ2) is 8.88. The van der Waals surface area contributed by atoms with Gasteiger partial charge in [0.1, 0.15) is 9.84 Å². The minimum atomic E-state index is -2.85. The first-order valence-corrected chi connectivity index (χ1v) is 8.69. The fourth-order valence-corrected chi connectivity index (χ4v) is 3.00. The standard InChI is InChI=1S/C13H29NO3S/c1-6-17-13(11(3)4)12(14-5)9-8-10-18(15,16)7-2/h11-14H,6-10H2,1-5H3. The molecule has 5 heteroatoms. The van der Waals surface area contributed by atoms with Gasteiger partial charge >= 0.3 is 0 Å². The van der Waals surface area contributed by atoms with Crippen molar-refractivity contribution in [1.82, 2.24) is 5.32 Å². The third kappa shape index (κ3) is 6.71. The van der Waals surface area contributed by atoms with Crippen molar-refractivity contribution in [2.45, 2.75) is 52.7 Å². The molecule has 0 aliphatic rings. The van der Waals surface area contributed by atoms with Crippen LogP contribution in [-0.4, -0.2) is 45.7 Å². The zero-order valence-electron chi connectivity index (χ0n) is 12.4. The van der Waals surface area contributed by atoms with E-state index in [-0.39, 0.29) is 23.7 Å². The molecule has 0 saturated carbocycles. The Bertz CT molecular complexity index is 301. The highest BCUT2D eigenvalue weighted by Gasteiger charge is 2.23. The van der Waals surface area contributed by atoms with Gasteiger partial charge < -0.3 is 10.1 Å². The molecule has 110 valence electrons. The summed E-state index contributed by atoms with van der Waals surface area (Å²) in [4.78, 5) is 0. The Balaban J connectivity index is 4.32. The van der Waals surface area contributed by atoms with E-state index in [1.807, 2.05) is 14.0 Å². The van der Waals surface area contributed by atoms with E-state index in [0.29, 0.717) is 18.9 Å². The lowest BCUT2D eigenvalue weighted by Gasteiger charge is -2.29.